The number of halogens is 2. The van der Waals surface area contributed by atoms with E-state index in [1.807, 2.05) is 13.8 Å². The first kappa shape index (κ1) is 15.1. The summed E-state index contributed by atoms with van der Waals surface area (Å²) in [6.07, 6.45) is -0.0372. The van der Waals surface area contributed by atoms with E-state index in [0.29, 0.717) is 5.56 Å². The standard InChI is InChI=1S/C13H17BrFNO2/c1-13(2,7-11(17)18)12(16-3)9-6-8(14)4-5-10(9)15/h4-6,12,16H,7H2,1-3H3,(H,17,18). The number of aliphatic carboxylic acids is 1. The van der Waals surface area contributed by atoms with Crippen molar-refractivity contribution in [3.05, 3.63) is 34.1 Å². The van der Waals surface area contributed by atoms with Crippen LogP contribution in [0.15, 0.2) is 22.7 Å². The summed E-state index contributed by atoms with van der Waals surface area (Å²) in [6.45, 7) is 3.62. The molecule has 0 bridgehead atoms. The predicted octanol–water partition coefficient (Wildman–Crippen LogP) is 3.35. The lowest BCUT2D eigenvalue weighted by Gasteiger charge is -2.33. The van der Waals surface area contributed by atoms with Crippen molar-refractivity contribution in [2.24, 2.45) is 5.41 Å². The van der Waals surface area contributed by atoms with Crippen LogP contribution in [0.5, 0.6) is 0 Å². The molecule has 0 spiro atoms. The Morgan fingerprint density at radius 1 is 1.56 bits per heavy atom. The van der Waals surface area contributed by atoms with E-state index in [4.69, 9.17) is 5.11 Å². The van der Waals surface area contributed by atoms with Gasteiger partial charge in [0.05, 0.1) is 6.42 Å². The zero-order chi connectivity index (χ0) is 13.9. The molecule has 1 unspecified atom stereocenters. The second-order valence-electron chi connectivity index (χ2n) is 4.95. The van der Waals surface area contributed by atoms with Crippen LogP contribution in [0.4, 0.5) is 4.39 Å². The number of carboxylic acid groups (broad SMARTS) is 1. The average Bonchev–Trinajstić information content (AvgIpc) is 2.21. The van der Waals surface area contributed by atoms with Gasteiger partial charge in [0.15, 0.2) is 0 Å². The minimum atomic E-state index is -0.893. The number of rotatable bonds is 5. The lowest BCUT2D eigenvalue weighted by atomic mass is 9.77. The van der Waals surface area contributed by atoms with Gasteiger partial charge in [-0.05, 0) is 30.7 Å². The van der Waals surface area contributed by atoms with Gasteiger partial charge in [0.2, 0.25) is 0 Å². The van der Waals surface area contributed by atoms with E-state index in [1.165, 1.54) is 6.07 Å². The molecule has 3 nitrogen and oxygen atoms in total. The Bertz CT molecular complexity index is 449. The quantitative estimate of drug-likeness (QED) is 0.875. The fourth-order valence-electron chi connectivity index (χ4n) is 2.19. The molecule has 1 aromatic carbocycles. The predicted molar refractivity (Wildman–Crippen MR) is 71.9 cm³/mol. The highest BCUT2D eigenvalue weighted by molar-refractivity contribution is 9.10. The molecule has 2 N–H and O–H groups in total. The summed E-state index contributed by atoms with van der Waals surface area (Å²) in [6, 6.07) is 4.31. The maximum atomic E-state index is 13.9. The van der Waals surface area contributed by atoms with Gasteiger partial charge >= 0.3 is 5.97 Å². The fourth-order valence-corrected chi connectivity index (χ4v) is 2.57. The molecular weight excluding hydrogens is 301 g/mol. The summed E-state index contributed by atoms with van der Waals surface area (Å²) in [5.41, 5.74) is -0.125. The Morgan fingerprint density at radius 2 is 2.17 bits per heavy atom. The van der Waals surface area contributed by atoms with Crippen LogP contribution in [-0.4, -0.2) is 18.1 Å². The lowest BCUT2D eigenvalue weighted by Crippen LogP contribution is -2.34. The summed E-state index contributed by atoms with van der Waals surface area (Å²) in [7, 11) is 1.70. The van der Waals surface area contributed by atoms with E-state index in [9.17, 15) is 9.18 Å². The average molecular weight is 318 g/mol. The van der Waals surface area contributed by atoms with Gasteiger partial charge in [-0.15, -0.1) is 0 Å². The largest absolute Gasteiger partial charge is 0.481 e. The smallest absolute Gasteiger partial charge is 0.303 e. The van der Waals surface area contributed by atoms with E-state index < -0.39 is 11.4 Å². The molecule has 1 aromatic rings. The number of nitrogens with one attached hydrogen (secondary N) is 1. The van der Waals surface area contributed by atoms with Gasteiger partial charge in [-0.1, -0.05) is 29.8 Å². The third-order valence-electron chi connectivity index (χ3n) is 2.95. The van der Waals surface area contributed by atoms with Crippen LogP contribution >= 0.6 is 15.9 Å². The second kappa shape index (κ2) is 5.80. The molecule has 18 heavy (non-hydrogen) atoms. The summed E-state index contributed by atoms with van der Waals surface area (Å²) in [4.78, 5) is 10.9. The lowest BCUT2D eigenvalue weighted by molar-refractivity contribution is -0.139. The second-order valence-corrected chi connectivity index (χ2v) is 5.86. The molecular formula is C13H17BrFNO2. The van der Waals surface area contributed by atoms with Crippen molar-refractivity contribution in [3.63, 3.8) is 0 Å². The fraction of sp³-hybridized carbons (Fsp3) is 0.462. The molecule has 0 heterocycles. The first-order valence-corrected chi connectivity index (χ1v) is 6.41. The number of benzene rings is 1. The molecule has 0 fully saturated rings. The zero-order valence-electron chi connectivity index (χ0n) is 10.6. The number of carbonyl (C=O) groups is 1. The van der Waals surface area contributed by atoms with Gasteiger partial charge in [-0.2, -0.15) is 0 Å². The highest BCUT2D eigenvalue weighted by atomic mass is 79.9. The van der Waals surface area contributed by atoms with Crippen molar-refractivity contribution in [2.45, 2.75) is 26.3 Å². The number of hydrogen-bond donors (Lipinski definition) is 2. The van der Waals surface area contributed by atoms with Crippen molar-refractivity contribution in [1.82, 2.24) is 5.32 Å². The van der Waals surface area contributed by atoms with E-state index in [-0.39, 0.29) is 18.3 Å². The normalized spacial score (nSPS) is 13.4. The topological polar surface area (TPSA) is 49.3 Å². The van der Waals surface area contributed by atoms with Crippen molar-refractivity contribution in [1.29, 1.82) is 0 Å². The Kier molecular flexibility index (Phi) is 4.87. The molecule has 0 aliphatic heterocycles. The van der Waals surface area contributed by atoms with Crippen LogP contribution in [-0.2, 0) is 4.79 Å². The molecule has 5 heteroatoms. The van der Waals surface area contributed by atoms with Crippen LogP contribution in [0.3, 0.4) is 0 Å². The number of carboxylic acids is 1. The molecule has 0 aliphatic carbocycles. The molecule has 100 valence electrons. The number of hydrogen-bond acceptors (Lipinski definition) is 2. The monoisotopic (exact) mass is 317 g/mol. The minimum Gasteiger partial charge on any atom is -0.481 e. The van der Waals surface area contributed by atoms with Gasteiger partial charge in [-0.25, -0.2) is 4.39 Å². The molecule has 0 amide bonds. The van der Waals surface area contributed by atoms with Crippen molar-refractivity contribution >= 4 is 21.9 Å². The van der Waals surface area contributed by atoms with E-state index >= 15 is 0 Å². The first-order valence-electron chi connectivity index (χ1n) is 5.62. The third kappa shape index (κ3) is 3.53. The third-order valence-corrected chi connectivity index (χ3v) is 3.44. The maximum absolute atomic E-state index is 13.9. The Labute approximate surface area is 115 Å². The SMILES string of the molecule is CNC(c1cc(Br)ccc1F)C(C)(C)CC(=O)O. The molecule has 1 rings (SSSR count). The summed E-state index contributed by atoms with van der Waals surface area (Å²) < 4.78 is 14.6. The van der Waals surface area contributed by atoms with Crippen LogP contribution in [0.2, 0.25) is 0 Å². The van der Waals surface area contributed by atoms with Crippen LogP contribution in [0, 0.1) is 11.2 Å². The minimum absolute atomic E-state index is 0.0372. The van der Waals surface area contributed by atoms with Crippen LogP contribution in [0.1, 0.15) is 31.9 Å². The summed E-state index contributed by atoms with van der Waals surface area (Å²) >= 11 is 3.30. The van der Waals surface area contributed by atoms with E-state index in [0.717, 1.165) is 4.47 Å². The molecule has 0 saturated carbocycles. The summed E-state index contributed by atoms with van der Waals surface area (Å²) in [5, 5.41) is 11.9. The summed E-state index contributed by atoms with van der Waals surface area (Å²) in [5.74, 6) is -1.23. The van der Waals surface area contributed by atoms with E-state index in [2.05, 4.69) is 21.2 Å². The zero-order valence-corrected chi connectivity index (χ0v) is 12.2. The van der Waals surface area contributed by atoms with Gasteiger partial charge in [0, 0.05) is 16.1 Å². The van der Waals surface area contributed by atoms with Gasteiger partial charge in [0.25, 0.3) is 0 Å². The van der Waals surface area contributed by atoms with Crippen LogP contribution in [0.25, 0.3) is 0 Å². The van der Waals surface area contributed by atoms with Crippen molar-refractivity contribution in [3.8, 4) is 0 Å². The van der Waals surface area contributed by atoms with E-state index in [1.54, 1.807) is 19.2 Å². The molecule has 0 radical (unpaired) electrons. The highest BCUT2D eigenvalue weighted by Crippen LogP contribution is 2.38. The molecule has 0 aromatic heterocycles. The van der Waals surface area contributed by atoms with Gasteiger partial charge in [0.1, 0.15) is 5.82 Å². The molecule has 0 saturated heterocycles. The van der Waals surface area contributed by atoms with Gasteiger partial charge in [-0.3, -0.25) is 4.79 Å². The molecule has 1 atom stereocenters. The van der Waals surface area contributed by atoms with Gasteiger partial charge < -0.3 is 10.4 Å². The first-order chi connectivity index (χ1) is 8.27. The van der Waals surface area contributed by atoms with Crippen molar-refractivity contribution in [2.75, 3.05) is 7.05 Å². The Morgan fingerprint density at radius 3 is 2.67 bits per heavy atom. The highest BCUT2D eigenvalue weighted by Gasteiger charge is 2.33. The van der Waals surface area contributed by atoms with Crippen molar-refractivity contribution < 1.29 is 14.3 Å². The Hall–Kier alpha value is -0.940. The Balaban J connectivity index is 3.16. The van der Waals surface area contributed by atoms with Crippen LogP contribution < -0.4 is 5.32 Å². The molecule has 0 aliphatic rings. The maximum Gasteiger partial charge on any atom is 0.303 e.